The Morgan fingerprint density at radius 2 is 2.19 bits per heavy atom. The predicted octanol–water partition coefficient (Wildman–Crippen LogP) is 1.18. The first-order chi connectivity index (χ1) is 9.93. The number of rotatable bonds is 9. The molecule has 0 saturated heterocycles. The van der Waals surface area contributed by atoms with E-state index in [-0.39, 0.29) is 6.61 Å². The number of aliphatic hydroxyl groups excluding tert-OH is 1. The van der Waals surface area contributed by atoms with Crippen LogP contribution in [0.4, 0.5) is 0 Å². The molecule has 1 rings (SSSR count). The molecule has 0 radical (unpaired) electrons. The molecule has 0 unspecified atom stereocenters. The van der Waals surface area contributed by atoms with E-state index < -0.39 is 12.0 Å². The van der Waals surface area contributed by atoms with Crippen LogP contribution in [0.1, 0.15) is 19.4 Å². The van der Waals surface area contributed by atoms with E-state index >= 15 is 0 Å². The fourth-order valence-electron chi connectivity index (χ4n) is 1.70. The second-order valence-electron chi connectivity index (χ2n) is 4.57. The monoisotopic (exact) mass is 360 g/mol. The van der Waals surface area contributed by atoms with Crippen LogP contribution in [0.5, 0.6) is 11.5 Å². The summed E-state index contributed by atoms with van der Waals surface area (Å²) in [5.41, 5.74) is 6.05. The van der Waals surface area contributed by atoms with Crippen LogP contribution in [-0.2, 0) is 11.3 Å². The van der Waals surface area contributed by atoms with Gasteiger partial charge in [0.1, 0.15) is 0 Å². The Kier molecular flexibility index (Phi) is 7.49. The van der Waals surface area contributed by atoms with Crippen molar-refractivity contribution in [2.75, 3.05) is 19.8 Å². The SMILES string of the molecule is CCOc1cc(CNC[C@@H](C)O)cc(Br)c1OCC(N)=O. The smallest absolute Gasteiger partial charge is 0.255 e. The minimum atomic E-state index is -0.549. The molecule has 0 fully saturated rings. The lowest BCUT2D eigenvalue weighted by Crippen LogP contribution is -2.24. The Bertz CT molecular complexity index is 480. The number of nitrogens with two attached hydrogens (primary N) is 1. The number of primary amides is 1. The summed E-state index contributed by atoms with van der Waals surface area (Å²) in [6, 6.07) is 3.70. The predicted molar refractivity (Wildman–Crippen MR) is 83.4 cm³/mol. The van der Waals surface area contributed by atoms with Gasteiger partial charge in [0.25, 0.3) is 5.91 Å². The van der Waals surface area contributed by atoms with Gasteiger partial charge in [-0.2, -0.15) is 0 Å². The number of hydrogen-bond acceptors (Lipinski definition) is 5. The Hall–Kier alpha value is -1.31. The van der Waals surface area contributed by atoms with Gasteiger partial charge in [-0.1, -0.05) is 0 Å². The lowest BCUT2D eigenvalue weighted by molar-refractivity contribution is -0.119. The highest BCUT2D eigenvalue weighted by atomic mass is 79.9. The first-order valence-corrected chi connectivity index (χ1v) is 7.48. The molecule has 0 saturated carbocycles. The standard InChI is InChI=1S/C14H21BrN2O4/c1-3-20-12-5-10(7-17-6-9(2)18)4-11(15)14(12)21-8-13(16)19/h4-5,9,17-18H,3,6-8H2,1-2H3,(H2,16,19)/t9-/m1/s1. The van der Waals surface area contributed by atoms with Crippen molar-refractivity contribution >= 4 is 21.8 Å². The summed E-state index contributed by atoms with van der Waals surface area (Å²) in [7, 11) is 0. The molecule has 0 aliphatic rings. The Balaban J connectivity index is 2.86. The van der Waals surface area contributed by atoms with Crippen LogP contribution in [-0.4, -0.2) is 36.9 Å². The Morgan fingerprint density at radius 1 is 1.48 bits per heavy atom. The van der Waals surface area contributed by atoms with Gasteiger partial charge in [0.15, 0.2) is 18.1 Å². The highest BCUT2D eigenvalue weighted by Crippen LogP contribution is 2.36. The number of halogens is 1. The number of amides is 1. The van der Waals surface area contributed by atoms with E-state index in [1.807, 2.05) is 19.1 Å². The van der Waals surface area contributed by atoms with Crippen molar-refractivity contribution in [1.82, 2.24) is 5.32 Å². The van der Waals surface area contributed by atoms with Gasteiger partial charge in [-0.25, -0.2) is 0 Å². The van der Waals surface area contributed by atoms with Crippen molar-refractivity contribution in [3.8, 4) is 11.5 Å². The highest BCUT2D eigenvalue weighted by Gasteiger charge is 2.13. The molecule has 4 N–H and O–H groups in total. The topological polar surface area (TPSA) is 93.8 Å². The van der Waals surface area contributed by atoms with Crippen LogP contribution in [0, 0.1) is 0 Å². The maximum absolute atomic E-state index is 10.8. The zero-order valence-corrected chi connectivity index (χ0v) is 13.8. The minimum absolute atomic E-state index is 0.210. The molecule has 0 heterocycles. The largest absolute Gasteiger partial charge is 0.490 e. The molecule has 21 heavy (non-hydrogen) atoms. The number of benzene rings is 1. The molecule has 1 amide bonds. The third-order valence-corrected chi connectivity index (χ3v) is 3.09. The normalized spacial score (nSPS) is 12.0. The maximum Gasteiger partial charge on any atom is 0.255 e. The number of carbonyl (C=O) groups is 1. The van der Waals surface area contributed by atoms with Gasteiger partial charge in [-0.05, 0) is 47.5 Å². The number of hydrogen-bond donors (Lipinski definition) is 3. The van der Waals surface area contributed by atoms with Crippen molar-refractivity contribution in [1.29, 1.82) is 0 Å². The first kappa shape index (κ1) is 17.7. The van der Waals surface area contributed by atoms with Crippen LogP contribution in [0.2, 0.25) is 0 Å². The van der Waals surface area contributed by atoms with Gasteiger partial charge in [0.05, 0.1) is 17.2 Å². The number of aliphatic hydroxyl groups is 1. The average molecular weight is 361 g/mol. The Labute approximate surface area is 132 Å². The summed E-state index contributed by atoms with van der Waals surface area (Å²) < 4.78 is 11.6. The van der Waals surface area contributed by atoms with Crippen molar-refractivity contribution in [2.45, 2.75) is 26.5 Å². The molecule has 118 valence electrons. The lowest BCUT2D eigenvalue weighted by atomic mass is 10.2. The van der Waals surface area contributed by atoms with E-state index in [0.717, 1.165) is 5.56 Å². The first-order valence-electron chi connectivity index (χ1n) is 6.69. The zero-order valence-electron chi connectivity index (χ0n) is 12.2. The van der Waals surface area contributed by atoms with Crippen molar-refractivity contribution < 1.29 is 19.4 Å². The summed E-state index contributed by atoms with van der Waals surface area (Å²) in [4.78, 5) is 10.8. The average Bonchev–Trinajstić information content (AvgIpc) is 2.37. The molecule has 0 aliphatic heterocycles. The minimum Gasteiger partial charge on any atom is -0.490 e. The van der Waals surface area contributed by atoms with Gasteiger partial charge < -0.3 is 25.6 Å². The Morgan fingerprint density at radius 3 is 2.76 bits per heavy atom. The molecule has 1 aromatic rings. The molecular formula is C14H21BrN2O4. The van der Waals surface area contributed by atoms with E-state index in [9.17, 15) is 9.90 Å². The lowest BCUT2D eigenvalue weighted by Gasteiger charge is -2.15. The number of carbonyl (C=O) groups excluding carboxylic acids is 1. The maximum atomic E-state index is 10.8. The second kappa shape index (κ2) is 8.86. The van der Waals surface area contributed by atoms with Gasteiger partial charge >= 0.3 is 0 Å². The second-order valence-corrected chi connectivity index (χ2v) is 5.43. The van der Waals surface area contributed by atoms with Crippen LogP contribution in [0.15, 0.2) is 16.6 Å². The van der Waals surface area contributed by atoms with Crippen LogP contribution < -0.4 is 20.5 Å². The van der Waals surface area contributed by atoms with Crippen LogP contribution in [0.3, 0.4) is 0 Å². The van der Waals surface area contributed by atoms with E-state index in [2.05, 4.69) is 21.2 Å². The van der Waals surface area contributed by atoms with Gasteiger partial charge in [0.2, 0.25) is 0 Å². The van der Waals surface area contributed by atoms with Gasteiger partial charge in [-0.15, -0.1) is 0 Å². The third-order valence-electron chi connectivity index (χ3n) is 2.50. The molecule has 1 atom stereocenters. The fourth-order valence-corrected chi connectivity index (χ4v) is 2.30. The summed E-state index contributed by atoms with van der Waals surface area (Å²) in [5.74, 6) is 0.448. The van der Waals surface area contributed by atoms with Crippen LogP contribution in [0.25, 0.3) is 0 Å². The molecule has 0 spiro atoms. The number of nitrogens with one attached hydrogen (secondary N) is 1. The molecule has 6 nitrogen and oxygen atoms in total. The van der Waals surface area contributed by atoms with Crippen molar-refractivity contribution in [3.63, 3.8) is 0 Å². The molecule has 7 heteroatoms. The van der Waals surface area contributed by atoms with Crippen LogP contribution >= 0.6 is 15.9 Å². The summed E-state index contributed by atoms with van der Waals surface area (Å²) in [6.45, 7) is 4.93. The van der Waals surface area contributed by atoms with Crippen molar-refractivity contribution in [2.24, 2.45) is 5.73 Å². The fraction of sp³-hybridized carbons (Fsp3) is 0.500. The van der Waals surface area contributed by atoms with Crippen molar-refractivity contribution in [3.05, 3.63) is 22.2 Å². The third kappa shape index (κ3) is 6.33. The molecular weight excluding hydrogens is 340 g/mol. The van der Waals surface area contributed by atoms with E-state index in [0.29, 0.717) is 35.7 Å². The summed E-state index contributed by atoms with van der Waals surface area (Å²) in [6.07, 6.45) is -0.405. The molecule has 1 aromatic carbocycles. The zero-order chi connectivity index (χ0) is 15.8. The number of ether oxygens (including phenoxy) is 2. The summed E-state index contributed by atoms with van der Waals surface area (Å²) in [5, 5.41) is 12.4. The van der Waals surface area contributed by atoms with Gasteiger partial charge in [-0.3, -0.25) is 4.79 Å². The molecule has 0 bridgehead atoms. The van der Waals surface area contributed by atoms with E-state index in [1.54, 1.807) is 6.92 Å². The molecule has 0 aromatic heterocycles. The molecule has 0 aliphatic carbocycles. The highest BCUT2D eigenvalue weighted by molar-refractivity contribution is 9.10. The van der Waals surface area contributed by atoms with E-state index in [4.69, 9.17) is 15.2 Å². The summed E-state index contributed by atoms with van der Waals surface area (Å²) >= 11 is 3.40. The van der Waals surface area contributed by atoms with Gasteiger partial charge in [0, 0.05) is 13.1 Å². The quantitative estimate of drug-likeness (QED) is 0.614. The van der Waals surface area contributed by atoms with E-state index in [1.165, 1.54) is 0 Å².